The van der Waals surface area contributed by atoms with Gasteiger partial charge in [-0.05, 0) is 54.4 Å². The van der Waals surface area contributed by atoms with Gasteiger partial charge in [0.05, 0.1) is 6.04 Å². The SMILES string of the molecule is CCCNC(c1ccc(F)cc1)c1cc(Cl)ccc1Br. The van der Waals surface area contributed by atoms with E-state index in [2.05, 4.69) is 28.2 Å². The Hall–Kier alpha value is -0.900. The first-order valence-electron chi connectivity index (χ1n) is 6.55. The van der Waals surface area contributed by atoms with Crippen LogP contribution in [-0.2, 0) is 0 Å². The van der Waals surface area contributed by atoms with Crippen molar-refractivity contribution in [2.24, 2.45) is 0 Å². The maximum Gasteiger partial charge on any atom is 0.123 e. The summed E-state index contributed by atoms with van der Waals surface area (Å²) in [7, 11) is 0. The number of halogens is 3. The van der Waals surface area contributed by atoms with E-state index in [4.69, 9.17) is 11.6 Å². The van der Waals surface area contributed by atoms with Gasteiger partial charge >= 0.3 is 0 Å². The molecular weight excluding hydrogens is 341 g/mol. The van der Waals surface area contributed by atoms with Crippen molar-refractivity contribution in [3.63, 3.8) is 0 Å². The fourth-order valence-corrected chi connectivity index (χ4v) is 2.74. The fraction of sp³-hybridized carbons (Fsp3) is 0.250. The lowest BCUT2D eigenvalue weighted by Gasteiger charge is -2.21. The average molecular weight is 357 g/mol. The molecule has 2 aromatic rings. The van der Waals surface area contributed by atoms with Gasteiger partial charge in [-0.15, -0.1) is 0 Å². The molecule has 1 unspecified atom stereocenters. The molecule has 0 aromatic heterocycles. The van der Waals surface area contributed by atoms with Gasteiger partial charge in [-0.2, -0.15) is 0 Å². The fourth-order valence-electron chi connectivity index (χ4n) is 2.09. The molecule has 1 atom stereocenters. The van der Waals surface area contributed by atoms with E-state index in [0.29, 0.717) is 5.02 Å². The van der Waals surface area contributed by atoms with Crippen LogP contribution in [0.1, 0.15) is 30.5 Å². The van der Waals surface area contributed by atoms with Gasteiger partial charge in [0.25, 0.3) is 0 Å². The minimum atomic E-state index is -0.229. The molecule has 0 bridgehead atoms. The molecule has 2 rings (SSSR count). The first kappa shape index (κ1) is 15.5. The monoisotopic (exact) mass is 355 g/mol. The Morgan fingerprint density at radius 2 is 1.90 bits per heavy atom. The molecule has 0 spiro atoms. The van der Waals surface area contributed by atoms with Crippen LogP contribution < -0.4 is 5.32 Å². The summed E-state index contributed by atoms with van der Waals surface area (Å²) in [4.78, 5) is 0. The lowest BCUT2D eigenvalue weighted by Crippen LogP contribution is -2.23. The third kappa shape index (κ3) is 3.81. The van der Waals surface area contributed by atoms with Crippen molar-refractivity contribution in [1.29, 1.82) is 0 Å². The molecule has 0 amide bonds. The van der Waals surface area contributed by atoms with Crippen molar-refractivity contribution in [2.45, 2.75) is 19.4 Å². The van der Waals surface area contributed by atoms with Crippen molar-refractivity contribution < 1.29 is 4.39 Å². The summed E-state index contributed by atoms with van der Waals surface area (Å²) in [5.41, 5.74) is 2.07. The van der Waals surface area contributed by atoms with E-state index in [0.717, 1.165) is 28.6 Å². The van der Waals surface area contributed by atoms with Crippen LogP contribution in [0, 0.1) is 5.82 Å². The third-order valence-corrected chi connectivity index (χ3v) is 4.03. The average Bonchev–Trinajstić information content (AvgIpc) is 2.44. The highest BCUT2D eigenvalue weighted by Gasteiger charge is 2.16. The Morgan fingerprint density at radius 1 is 1.20 bits per heavy atom. The van der Waals surface area contributed by atoms with Crippen LogP contribution in [-0.4, -0.2) is 6.54 Å². The zero-order valence-electron chi connectivity index (χ0n) is 11.2. The van der Waals surface area contributed by atoms with Gasteiger partial charge in [-0.3, -0.25) is 0 Å². The predicted molar refractivity (Wildman–Crippen MR) is 85.7 cm³/mol. The highest BCUT2D eigenvalue weighted by molar-refractivity contribution is 9.10. The van der Waals surface area contributed by atoms with Crippen LogP contribution in [0.4, 0.5) is 4.39 Å². The van der Waals surface area contributed by atoms with Crippen molar-refractivity contribution in [3.8, 4) is 0 Å². The highest BCUT2D eigenvalue weighted by Crippen LogP contribution is 2.31. The third-order valence-electron chi connectivity index (χ3n) is 3.07. The number of nitrogens with one attached hydrogen (secondary N) is 1. The number of hydrogen-bond acceptors (Lipinski definition) is 1. The van der Waals surface area contributed by atoms with Crippen molar-refractivity contribution >= 4 is 27.5 Å². The second-order valence-electron chi connectivity index (χ2n) is 4.60. The van der Waals surface area contributed by atoms with E-state index in [1.807, 2.05) is 18.2 Å². The van der Waals surface area contributed by atoms with Crippen LogP contribution >= 0.6 is 27.5 Å². The summed E-state index contributed by atoms with van der Waals surface area (Å²) in [6.07, 6.45) is 1.02. The van der Waals surface area contributed by atoms with Crippen molar-refractivity contribution in [3.05, 3.63) is 68.9 Å². The van der Waals surface area contributed by atoms with Crippen LogP contribution in [0.2, 0.25) is 5.02 Å². The Morgan fingerprint density at radius 3 is 2.55 bits per heavy atom. The van der Waals surface area contributed by atoms with E-state index >= 15 is 0 Å². The van der Waals surface area contributed by atoms with Gasteiger partial charge in [0.15, 0.2) is 0 Å². The van der Waals surface area contributed by atoms with E-state index in [9.17, 15) is 4.39 Å². The smallest absolute Gasteiger partial charge is 0.123 e. The maximum atomic E-state index is 13.1. The summed E-state index contributed by atoms with van der Waals surface area (Å²) >= 11 is 9.66. The lowest BCUT2D eigenvalue weighted by molar-refractivity contribution is 0.591. The summed E-state index contributed by atoms with van der Waals surface area (Å²) < 4.78 is 14.1. The molecule has 0 saturated heterocycles. The quantitative estimate of drug-likeness (QED) is 0.763. The first-order chi connectivity index (χ1) is 9.61. The van der Waals surface area contributed by atoms with Crippen LogP contribution in [0.15, 0.2) is 46.9 Å². The zero-order chi connectivity index (χ0) is 14.5. The molecule has 0 aliphatic carbocycles. The van der Waals surface area contributed by atoms with Crippen molar-refractivity contribution in [2.75, 3.05) is 6.54 Å². The largest absolute Gasteiger partial charge is 0.306 e. The molecule has 0 aliphatic heterocycles. The molecule has 0 aliphatic rings. The van der Waals surface area contributed by atoms with Gasteiger partial charge in [-0.25, -0.2) is 4.39 Å². The van der Waals surface area contributed by atoms with Crippen molar-refractivity contribution in [1.82, 2.24) is 5.32 Å². The van der Waals surface area contributed by atoms with Gasteiger partial charge < -0.3 is 5.32 Å². The van der Waals surface area contributed by atoms with Gasteiger partial charge in [0.1, 0.15) is 5.82 Å². The van der Waals surface area contributed by atoms with Gasteiger partial charge in [0, 0.05) is 9.50 Å². The standard InChI is InChI=1S/C16H16BrClFN/c1-2-9-20-16(11-3-6-13(19)7-4-11)14-10-12(18)5-8-15(14)17/h3-8,10,16,20H,2,9H2,1H3. The molecule has 0 saturated carbocycles. The van der Waals surface area contributed by atoms with E-state index < -0.39 is 0 Å². The Kier molecular flexibility index (Phi) is 5.58. The molecular formula is C16H16BrClFN. The molecule has 106 valence electrons. The minimum absolute atomic E-state index is 0.0105. The molecule has 20 heavy (non-hydrogen) atoms. The van der Waals surface area contributed by atoms with Gasteiger partial charge in [0.2, 0.25) is 0 Å². The number of benzene rings is 2. The highest BCUT2D eigenvalue weighted by atomic mass is 79.9. The van der Waals surface area contributed by atoms with E-state index in [1.54, 1.807) is 12.1 Å². The Balaban J connectivity index is 2.41. The number of hydrogen-bond donors (Lipinski definition) is 1. The maximum absolute atomic E-state index is 13.1. The molecule has 4 heteroatoms. The summed E-state index contributed by atoms with van der Waals surface area (Å²) in [5.74, 6) is -0.229. The minimum Gasteiger partial charge on any atom is -0.306 e. The summed E-state index contributed by atoms with van der Waals surface area (Å²) in [5, 5.41) is 4.17. The van der Waals surface area contributed by atoms with Gasteiger partial charge in [-0.1, -0.05) is 46.6 Å². The zero-order valence-corrected chi connectivity index (χ0v) is 13.5. The first-order valence-corrected chi connectivity index (χ1v) is 7.72. The number of rotatable bonds is 5. The molecule has 0 radical (unpaired) electrons. The van der Waals surface area contributed by atoms with E-state index in [1.165, 1.54) is 12.1 Å². The van der Waals surface area contributed by atoms with E-state index in [-0.39, 0.29) is 11.9 Å². The summed E-state index contributed by atoms with van der Waals surface area (Å²) in [6, 6.07) is 12.3. The van der Waals surface area contributed by atoms with Crippen LogP contribution in [0.3, 0.4) is 0 Å². The predicted octanol–water partition coefficient (Wildman–Crippen LogP) is 5.33. The molecule has 0 heterocycles. The van der Waals surface area contributed by atoms with Crippen LogP contribution in [0.25, 0.3) is 0 Å². The Labute approximate surface area is 132 Å². The Bertz CT molecular complexity index is 571. The molecule has 1 nitrogen and oxygen atoms in total. The molecule has 1 N–H and O–H groups in total. The molecule has 2 aromatic carbocycles. The topological polar surface area (TPSA) is 12.0 Å². The molecule has 0 fully saturated rings. The van der Waals surface area contributed by atoms with Crippen LogP contribution in [0.5, 0.6) is 0 Å². The second kappa shape index (κ2) is 7.21. The lowest BCUT2D eigenvalue weighted by atomic mass is 9.98. The second-order valence-corrected chi connectivity index (χ2v) is 5.90. The normalized spacial score (nSPS) is 12.4. The summed E-state index contributed by atoms with van der Waals surface area (Å²) in [6.45, 7) is 2.99.